The first kappa shape index (κ1) is 16.7. The van der Waals surface area contributed by atoms with Gasteiger partial charge in [0, 0.05) is 39.4 Å². The zero-order valence-electron chi connectivity index (χ0n) is 10.3. The Morgan fingerprint density at radius 2 is 2.00 bits per heavy atom. The van der Waals surface area contributed by atoms with Crippen molar-refractivity contribution in [3.8, 4) is 0 Å². The SMILES string of the molecule is Cl.Cl.Cn1cc(CCCN2CCNCC2)cn1. The molecule has 2 heterocycles. The molecular weight excluding hydrogens is 259 g/mol. The van der Waals surface area contributed by atoms with Gasteiger partial charge in [0.05, 0.1) is 6.20 Å². The van der Waals surface area contributed by atoms with Crippen molar-refractivity contribution in [2.75, 3.05) is 32.7 Å². The van der Waals surface area contributed by atoms with Crippen LogP contribution in [0, 0.1) is 0 Å². The van der Waals surface area contributed by atoms with Crippen LogP contribution in [-0.4, -0.2) is 47.4 Å². The maximum absolute atomic E-state index is 4.18. The Bertz CT molecular complexity index is 297. The largest absolute Gasteiger partial charge is 0.314 e. The van der Waals surface area contributed by atoms with Crippen LogP contribution in [0.5, 0.6) is 0 Å². The molecule has 0 aliphatic carbocycles. The predicted octanol–water partition coefficient (Wildman–Crippen LogP) is 1.10. The van der Waals surface area contributed by atoms with E-state index in [1.807, 2.05) is 17.9 Å². The third-order valence-electron chi connectivity index (χ3n) is 2.91. The molecule has 1 fully saturated rings. The molecule has 100 valence electrons. The van der Waals surface area contributed by atoms with Crippen molar-refractivity contribution in [3.05, 3.63) is 18.0 Å². The van der Waals surface area contributed by atoms with Crippen molar-refractivity contribution in [1.82, 2.24) is 20.0 Å². The second-order valence-corrected chi connectivity index (χ2v) is 4.22. The first-order valence-corrected chi connectivity index (χ1v) is 5.75. The molecule has 0 unspecified atom stereocenters. The molecule has 1 aromatic heterocycles. The van der Waals surface area contributed by atoms with Gasteiger partial charge in [-0.1, -0.05) is 0 Å². The van der Waals surface area contributed by atoms with Crippen molar-refractivity contribution in [1.29, 1.82) is 0 Å². The fourth-order valence-corrected chi connectivity index (χ4v) is 2.04. The van der Waals surface area contributed by atoms with E-state index in [0.29, 0.717) is 0 Å². The average Bonchev–Trinajstić information content (AvgIpc) is 2.66. The highest BCUT2D eigenvalue weighted by Crippen LogP contribution is 2.02. The summed E-state index contributed by atoms with van der Waals surface area (Å²) in [4.78, 5) is 2.53. The van der Waals surface area contributed by atoms with Crippen LogP contribution in [0.3, 0.4) is 0 Å². The smallest absolute Gasteiger partial charge is 0.0521 e. The highest BCUT2D eigenvalue weighted by atomic mass is 35.5. The molecule has 0 spiro atoms. The summed E-state index contributed by atoms with van der Waals surface area (Å²) in [5, 5.41) is 7.55. The normalized spacial score (nSPS) is 16.1. The van der Waals surface area contributed by atoms with Gasteiger partial charge in [0.25, 0.3) is 0 Å². The molecular formula is C11H22Cl2N4. The Hall–Kier alpha value is -0.290. The summed E-state index contributed by atoms with van der Waals surface area (Å²) < 4.78 is 1.88. The summed E-state index contributed by atoms with van der Waals surface area (Å²) >= 11 is 0. The van der Waals surface area contributed by atoms with Gasteiger partial charge in [-0.05, 0) is 24.9 Å². The maximum Gasteiger partial charge on any atom is 0.0521 e. The van der Waals surface area contributed by atoms with Gasteiger partial charge in [-0.2, -0.15) is 5.10 Å². The molecule has 0 bridgehead atoms. The zero-order valence-corrected chi connectivity index (χ0v) is 11.9. The van der Waals surface area contributed by atoms with Crippen LogP contribution in [0.15, 0.2) is 12.4 Å². The summed E-state index contributed by atoms with van der Waals surface area (Å²) in [6.07, 6.45) is 6.47. The number of hydrogen-bond donors (Lipinski definition) is 1. The van der Waals surface area contributed by atoms with E-state index in [-0.39, 0.29) is 24.8 Å². The number of aromatic nitrogens is 2. The van der Waals surface area contributed by atoms with Crippen LogP contribution in [-0.2, 0) is 13.5 Å². The molecule has 1 aliphatic rings. The standard InChI is InChI=1S/C11H20N4.2ClH/c1-14-10-11(9-13-14)3-2-6-15-7-4-12-5-8-15;;/h9-10,12H,2-8H2,1H3;2*1H. The van der Waals surface area contributed by atoms with Crippen LogP contribution in [0.25, 0.3) is 0 Å². The lowest BCUT2D eigenvalue weighted by Gasteiger charge is -2.26. The molecule has 0 radical (unpaired) electrons. The van der Waals surface area contributed by atoms with E-state index >= 15 is 0 Å². The van der Waals surface area contributed by atoms with E-state index in [2.05, 4.69) is 21.5 Å². The van der Waals surface area contributed by atoms with Crippen molar-refractivity contribution >= 4 is 24.8 Å². The van der Waals surface area contributed by atoms with E-state index in [1.165, 1.54) is 31.6 Å². The Labute approximate surface area is 116 Å². The van der Waals surface area contributed by atoms with Gasteiger partial charge < -0.3 is 10.2 Å². The van der Waals surface area contributed by atoms with Crippen molar-refractivity contribution in [3.63, 3.8) is 0 Å². The molecule has 4 nitrogen and oxygen atoms in total. The number of halogens is 2. The topological polar surface area (TPSA) is 33.1 Å². The molecule has 1 saturated heterocycles. The number of rotatable bonds is 4. The van der Waals surface area contributed by atoms with Crippen LogP contribution in [0.4, 0.5) is 0 Å². The van der Waals surface area contributed by atoms with E-state index in [1.54, 1.807) is 0 Å². The van der Waals surface area contributed by atoms with Gasteiger partial charge in [-0.15, -0.1) is 24.8 Å². The summed E-state index contributed by atoms with van der Waals surface area (Å²) in [7, 11) is 1.97. The van der Waals surface area contributed by atoms with Gasteiger partial charge in [0.15, 0.2) is 0 Å². The van der Waals surface area contributed by atoms with Crippen molar-refractivity contribution < 1.29 is 0 Å². The summed E-state index contributed by atoms with van der Waals surface area (Å²) in [5.74, 6) is 0. The number of hydrogen-bond acceptors (Lipinski definition) is 3. The molecule has 0 saturated carbocycles. The monoisotopic (exact) mass is 280 g/mol. The molecule has 1 N–H and O–H groups in total. The molecule has 6 heteroatoms. The van der Waals surface area contributed by atoms with E-state index < -0.39 is 0 Å². The zero-order chi connectivity index (χ0) is 10.5. The maximum atomic E-state index is 4.18. The minimum atomic E-state index is 0. The van der Waals surface area contributed by atoms with Crippen LogP contribution >= 0.6 is 24.8 Å². The predicted molar refractivity (Wildman–Crippen MR) is 75.3 cm³/mol. The Morgan fingerprint density at radius 1 is 1.29 bits per heavy atom. The minimum Gasteiger partial charge on any atom is -0.314 e. The molecule has 1 aromatic rings. The van der Waals surface area contributed by atoms with Gasteiger partial charge in [0.2, 0.25) is 0 Å². The number of nitrogens with zero attached hydrogens (tertiary/aromatic N) is 3. The lowest BCUT2D eigenvalue weighted by molar-refractivity contribution is 0.238. The lowest BCUT2D eigenvalue weighted by Crippen LogP contribution is -2.43. The molecule has 17 heavy (non-hydrogen) atoms. The Balaban J connectivity index is 0.00000128. The summed E-state index contributed by atoms with van der Waals surface area (Å²) in [6.45, 7) is 5.91. The molecule has 1 aliphatic heterocycles. The average molecular weight is 281 g/mol. The number of piperazine rings is 1. The van der Waals surface area contributed by atoms with Gasteiger partial charge in [-0.25, -0.2) is 0 Å². The summed E-state index contributed by atoms with van der Waals surface area (Å²) in [5.41, 5.74) is 1.35. The third-order valence-corrected chi connectivity index (χ3v) is 2.91. The highest BCUT2D eigenvalue weighted by Gasteiger charge is 2.08. The highest BCUT2D eigenvalue weighted by molar-refractivity contribution is 5.85. The van der Waals surface area contributed by atoms with Gasteiger partial charge >= 0.3 is 0 Å². The molecule has 0 amide bonds. The second-order valence-electron chi connectivity index (χ2n) is 4.22. The van der Waals surface area contributed by atoms with E-state index in [0.717, 1.165) is 19.5 Å². The fraction of sp³-hybridized carbons (Fsp3) is 0.727. The number of nitrogens with one attached hydrogen (secondary N) is 1. The van der Waals surface area contributed by atoms with Crippen LogP contribution in [0.2, 0.25) is 0 Å². The number of aryl methyl sites for hydroxylation is 2. The molecule has 0 atom stereocenters. The minimum absolute atomic E-state index is 0. The van der Waals surface area contributed by atoms with Crippen LogP contribution < -0.4 is 5.32 Å². The van der Waals surface area contributed by atoms with Gasteiger partial charge in [-0.3, -0.25) is 4.68 Å². The van der Waals surface area contributed by atoms with Crippen molar-refractivity contribution in [2.24, 2.45) is 7.05 Å². The molecule has 2 rings (SSSR count). The lowest BCUT2D eigenvalue weighted by atomic mass is 10.2. The van der Waals surface area contributed by atoms with E-state index in [9.17, 15) is 0 Å². The van der Waals surface area contributed by atoms with Crippen LogP contribution in [0.1, 0.15) is 12.0 Å². The third kappa shape index (κ3) is 5.73. The first-order chi connectivity index (χ1) is 7.34. The Kier molecular flexibility index (Phi) is 8.60. The second kappa shape index (κ2) is 8.75. The van der Waals surface area contributed by atoms with Gasteiger partial charge in [0.1, 0.15) is 0 Å². The van der Waals surface area contributed by atoms with E-state index in [4.69, 9.17) is 0 Å². The quantitative estimate of drug-likeness (QED) is 0.897. The van der Waals surface area contributed by atoms with Crippen molar-refractivity contribution in [2.45, 2.75) is 12.8 Å². The summed E-state index contributed by atoms with van der Waals surface area (Å²) in [6, 6.07) is 0. The first-order valence-electron chi connectivity index (χ1n) is 5.75. The fourth-order valence-electron chi connectivity index (χ4n) is 2.04. The molecule has 0 aromatic carbocycles. The Morgan fingerprint density at radius 3 is 2.59 bits per heavy atom.